The van der Waals surface area contributed by atoms with Gasteiger partial charge in [0.15, 0.2) is 11.7 Å². The molecule has 0 radical (unpaired) electrons. The summed E-state index contributed by atoms with van der Waals surface area (Å²) in [5, 5.41) is 4.39. The average molecular weight is 459 g/mol. The van der Waals surface area contributed by atoms with Crippen molar-refractivity contribution in [1.29, 1.82) is 0 Å². The number of pyridine rings is 1. The van der Waals surface area contributed by atoms with Gasteiger partial charge in [-0.05, 0) is 56.5 Å². The van der Waals surface area contributed by atoms with E-state index in [1.54, 1.807) is 33.3 Å². The minimum Gasteiger partial charge on any atom is -0.436 e. The Morgan fingerprint density at radius 1 is 1.24 bits per heavy atom. The summed E-state index contributed by atoms with van der Waals surface area (Å²) in [5.74, 6) is -0.151. The molecule has 3 aromatic heterocycles. The van der Waals surface area contributed by atoms with E-state index in [1.807, 2.05) is 25.1 Å². The molecule has 0 fully saturated rings. The number of oxazole rings is 1. The van der Waals surface area contributed by atoms with Gasteiger partial charge in [0.2, 0.25) is 5.76 Å². The Hall–Kier alpha value is -4.47. The number of hydrogen-bond acceptors (Lipinski definition) is 7. The molecule has 0 aliphatic rings. The number of aryl methyl sites for hydroxylation is 2. The molecule has 4 rings (SSSR count). The summed E-state index contributed by atoms with van der Waals surface area (Å²) in [6.07, 6.45) is 3.38. The molecule has 0 atom stereocenters. The van der Waals surface area contributed by atoms with Gasteiger partial charge in [-0.25, -0.2) is 19.0 Å². The van der Waals surface area contributed by atoms with Gasteiger partial charge >= 0.3 is 0 Å². The fourth-order valence-electron chi connectivity index (χ4n) is 3.36. The molecule has 0 bridgehead atoms. The number of aliphatic imine (C=N–C) groups is 1. The number of nitrogens with zero attached hydrogens (tertiary/aromatic N) is 7. The summed E-state index contributed by atoms with van der Waals surface area (Å²) >= 11 is 0. The van der Waals surface area contributed by atoms with Gasteiger partial charge in [-0.15, -0.1) is 5.10 Å². The van der Waals surface area contributed by atoms with Gasteiger partial charge in [-0.3, -0.25) is 9.78 Å². The molecule has 0 spiro atoms. The highest BCUT2D eigenvalue weighted by atomic mass is 19.1. The van der Waals surface area contributed by atoms with Crippen molar-refractivity contribution in [2.45, 2.75) is 20.8 Å². The number of allylic oxidation sites excluding steroid dienone is 1. The van der Waals surface area contributed by atoms with Crippen LogP contribution in [0.5, 0.6) is 0 Å². The van der Waals surface area contributed by atoms with Crippen molar-refractivity contribution in [2.24, 2.45) is 4.99 Å². The maximum Gasteiger partial charge on any atom is 0.295 e. The number of amides is 1. The first-order valence-electron chi connectivity index (χ1n) is 10.3. The van der Waals surface area contributed by atoms with Crippen LogP contribution in [0.3, 0.4) is 0 Å². The Balaban J connectivity index is 1.70. The first-order valence-corrected chi connectivity index (χ1v) is 10.3. The van der Waals surface area contributed by atoms with Crippen LogP contribution in [0.4, 0.5) is 16.0 Å². The third kappa shape index (κ3) is 4.38. The lowest BCUT2D eigenvalue weighted by molar-refractivity contribution is 0.0964. The van der Waals surface area contributed by atoms with E-state index in [4.69, 9.17) is 4.42 Å². The van der Waals surface area contributed by atoms with Crippen molar-refractivity contribution < 1.29 is 13.6 Å². The van der Waals surface area contributed by atoms with E-state index in [9.17, 15) is 9.18 Å². The first kappa shape index (κ1) is 22.7. The van der Waals surface area contributed by atoms with Crippen LogP contribution in [0.15, 0.2) is 52.0 Å². The fourth-order valence-corrected chi connectivity index (χ4v) is 3.36. The maximum absolute atomic E-state index is 14.8. The number of rotatable bonds is 6. The quantitative estimate of drug-likeness (QED) is 0.387. The van der Waals surface area contributed by atoms with Crippen LogP contribution in [0, 0.1) is 19.7 Å². The maximum atomic E-state index is 14.8. The van der Waals surface area contributed by atoms with Crippen LogP contribution in [0.25, 0.3) is 23.2 Å². The van der Waals surface area contributed by atoms with Gasteiger partial charge in [-0.1, -0.05) is 6.07 Å². The van der Waals surface area contributed by atoms with Crippen molar-refractivity contribution in [3.05, 3.63) is 71.5 Å². The third-order valence-corrected chi connectivity index (χ3v) is 5.12. The second-order valence-corrected chi connectivity index (χ2v) is 7.54. The smallest absolute Gasteiger partial charge is 0.295 e. The lowest BCUT2D eigenvalue weighted by atomic mass is 10.1. The van der Waals surface area contributed by atoms with Gasteiger partial charge in [0.05, 0.1) is 17.0 Å². The number of carbonyl (C=O) groups is 1. The van der Waals surface area contributed by atoms with Crippen molar-refractivity contribution >= 4 is 36.0 Å². The van der Waals surface area contributed by atoms with E-state index in [0.29, 0.717) is 17.3 Å². The molecule has 1 amide bonds. The van der Waals surface area contributed by atoms with Crippen LogP contribution in [0.1, 0.15) is 34.8 Å². The Kier molecular flexibility index (Phi) is 6.13. The zero-order chi connectivity index (χ0) is 24.4. The number of anilines is 1. The second kappa shape index (κ2) is 9.18. The Morgan fingerprint density at radius 3 is 2.68 bits per heavy atom. The molecular weight excluding hydrogens is 437 g/mol. The molecule has 0 aliphatic carbocycles. The highest BCUT2D eigenvalue weighted by Gasteiger charge is 2.23. The van der Waals surface area contributed by atoms with E-state index >= 15 is 0 Å². The molecule has 0 N–H and O–H groups in total. The summed E-state index contributed by atoms with van der Waals surface area (Å²) in [5.41, 5.74) is 2.57. The van der Waals surface area contributed by atoms with Crippen molar-refractivity contribution in [3.8, 4) is 11.4 Å². The number of carbonyl (C=O) groups excluding carboxylic acids is 1. The summed E-state index contributed by atoms with van der Waals surface area (Å²) in [6, 6.07) is 9.79. The van der Waals surface area contributed by atoms with Gasteiger partial charge < -0.3 is 9.32 Å². The first-order chi connectivity index (χ1) is 16.3. The van der Waals surface area contributed by atoms with E-state index in [0.717, 1.165) is 11.3 Å². The Bertz CT molecular complexity index is 1410. The molecule has 1 aromatic carbocycles. The van der Waals surface area contributed by atoms with Crippen molar-refractivity contribution in [1.82, 2.24) is 24.7 Å². The Morgan fingerprint density at radius 2 is 2.03 bits per heavy atom. The molecule has 34 heavy (non-hydrogen) atoms. The third-order valence-electron chi connectivity index (χ3n) is 5.12. The molecule has 10 heteroatoms. The summed E-state index contributed by atoms with van der Waals surface area (Å²) in [4.78, 5) is 30.9. The summed E-state index contributed by atoms with van der Waals surface area (Å²) in [6.45, 7) is 8.75. The summed E-state index contributed by atoms with van der Waals surface area (Å²) < 4.78 is 21.6. The normalized spacial score (nSPS) is 11.5. The predicted molar refractivity (Wildman–Crippen MR) is 127 cm³/mol. The highest BCUT2D eigenvalue weighted by molar-refractivity contribution is 6.04. The largest absolute Gasteiger partial charge is 0.436 e. The molecule has 172 valence electrons. The van der Waals surface area contributed by atoms with Gasteiger partial charge in [0, 0.05) is 32.1 Å². The number of aromatic nitrogens is 5. The lowest BCUT2D eigenvalue weighted by Crippen LogP contribution is -2.26. The average Bonchev–Trinajstić information content (AvgIpc) is 3.40. The minimum absolute atomic E-state index is 0.0966. The van der Waals surface area contributed by atoms with Crippen LogP contribution in [-0.2, 0) is 0 Å². The zero-order valence-corrected chi connectivity index (χ0v) is 19.2. The monoisotopic (exact) mass is 459 g/mol. The highest BCUT2D eigenvalue weighted by Crippen LogP contribution is 2.28. The van der Waals surface area contributed by atoms with E-state index in [2.05, 4.69) is 31.8 Å². The van der Waals surface area contributed by atoms with E-state index < -0.39 is 11.7 Å². The molecular formula is C24H22FN7O2. The standard InChI is InChI=1S/C24H22FN7O2/c1-14(20-8-6-7-11-27-20)13-32-24(26-4)29-22(30-32)18-12-17(9-10-19(18)25)31(5)23(33)21-15(2)28-16(3)34-21/h6-13H,4H2,1-3,5H3/b14-13+. The van der Waals surface area contributed by atoms with Crippen molar-refractivity contribution in [2.75, 3.05) is 11.9 Å². The lowest BCUT2D eigenvalue weighted by Gasteiger charge is -2.17. The molecule has 0 saturated carbocycles. The van der Waals surface area contributed by atoms with Crippen LogP contribution >= 0.6 is 0 Å². The fraction of sp³-hybridized carbons (Fsp3) is 0.167. The van der Waals surface area contributed by atoms with E-state index in [1.165, 1.54) is 27.8 Å². The van der Waals surface area contributed by atoms with Crippen LogP contribution in [-0.4, -0.2) is 44.4 Å². The van der Waals surface area contributed by atoms with E-state index in [-0.39, 0.29) is 23.1 Å². The SMILES string of the molecule is C=Nc1nc(-c2cc(N(C)C(=O)c3oc(C)nc3C)ccc2F)nn1/C=C(\C)c1ccccn1. The van der Waals surface area contributed by atoms with Gasteiger partial charge in [0.1, 0.15) is 5.82 Å². The van der Waals surface area contributed by atoms with Gasteiger partial charge in [0.25, 0.3) is 11.9 Å². The number of benzene rings is 1. The molecule has 0 aliphatic heterocycles. The van der Waals surface area contributed by atoms with Crippen molar-refractivity contribution in [3.63, 3.8) is 0 Å². The van der Waals surface area contributed by atoms with Crippen LogP contribution in [0.2, 0.25) is 0 Å². The molecule has 0 unspecified atom stereocenters. The second-order valence-electron chi connectivity index (χ2n) is 7.54. The van der Waals surface area contributed by atoms with Crippen LogP contribution < -0.4 is 4.90 Å². The van der Waals surface area contributed by atoms with Gasteiger partial charge in [-0.2, -0.15) is 4.98 Å². The molecule has 3 heterocycles. The Labute approximate surface area is 195 Å². The molecule has 9 nitrogen and oxygen atoms in total. The summed E-state index contributed by atoms with van der Waals surface area (Å²) in [7, 11) is 1.57. The predicted octanol–water partition coefficient (Wildman–Crippen LogP) is 4.71. The minimum atomic E-state index is -0.547. The zero-order valence-electron chi connectivity index (χ0n) is 19.2. The molecule has 0 saturated heterocycles. The number of hydrogen-bond donors (Lipinski definition) is 0. The molecule has 4 aromatic rings. The number of halogens is 1. The topological polar surface area (TPSA) is 102 Å².